The van der Waals surface area contributed by atoms with E-state index in [0.29, 0.717) is 29.8 Å². The van der Waals surface area contributed by atoms with Crippen LogP contribution in [0.15, 0.2) is 42.5 Å². The summed E-state index contributed by atoms with van der Waals surface area (Å²) in [6.07, 6.45) is 0.571. The molecule has 0 bridgehead atoms. The molecule has 2 rings (SSSR count). The van der Waals surface area contributed by atoms with Gasteiger partial charge in [0.2, 0.25) is 0 Å². The monoisotopic (exact) mass is 389 g/mol. The van der Waals surface area contributed by atoms with Crippen LogP contribution in [-0.4, -0.2) is 53.6 Å². The Balaban J connectivity index is 1.75. The molecule has 2 aromatic rings. The number of rotatable bonds is 10. The maximum absolute atomic E-state index is 11.9. The number of hydrogen-bond acceptors (Lipinski definition) is 7. The van der Waals surface area contributed by atoms with Crippen molar-refractivity contribution in [3.63, 3.8) is 0 Å². The molecule has 0 saturated heterocycles. The summed E-state index contributed by atoms with van der Waals surface area (Å²) >= 11 is 0. The second kappa shape index (κ2) is 10.2. The zero-order valence-corrected chi connectivity index (χ0v) is 15.4. The average molecular weight is 389 g/mol. The summed E-state index contributed by atoms with van der Waals surface area (Å²) < 4.78 is 10.2. The van der Waals surface area contributed by atoms with Crippen molar-refractivity contribution in [3.8, 4) is 17.2 Å². The Labute approximate surface area is 162 Å². The van der Waals surface area contributed by atoms with Crippen LogP contribution in [0.5, 0.6) is 17.2 Å². The highest BCUT2D eigenvalue weighted by Gasteiger charge is 2.18. The van der Waals surface area contributed by atoms with Gasteiger partial charge >= 0.3 is 11.9 Å². The third-order valence-electron chi connectivity index (χ3n) is 4.05. The maximum atomic E-state index is 11.9. The molecule has 0 amide bonds. The first kappa shape index (κ1) is 21.0. The minimum atomic E-state index is -1.04. The van der Waals surface area contributed by atoms with Crippen LogP contribution < -0.4 is 10.1 Å². The van der Waals surface area contributed by atoms with Crippen molar-refractivity contribution in [2.75, 3.05) is 20.3 Å². The summed E-state index contributed by atoms with van der Waals surface area (Å²) in [7, 11) is 1.54. The number of nitrogens with one attached hydrogen (secondary N) is 1. The fourth-order valence-corrected chi connectivity index (χ4v) is 2.50. The Morgan fingerprint density at radius 2 is 1.79 bits per heavy atom. The van der Waals surface area contributed by atoms with Crippen molar-refractivity contribution in [1.29, 1.82) is 0 Å². The van der Waals surface area contributed by atoms with Crippen LogP contribution >= 0.6 is 0 Å². The molecule has 0 aliphatic carbocycles. The van der Waals surface area contributed by atoms with E-state index >= 15 is 0 Å². The number of carbonyl (C=O) groups excluding carboxylic acids is 1. The molecule has 0 aliphatic heterocycles. The van der Waals surface area contributed by atoms with Gasteiger partial charge in [-0.25, -0.2) is 4.79 Å². The Morgan fingerprint density at radius 3 is 2.39 bits per heavy atom. The fourth-order valence-electron chi connectivity index (χ4n) is 2.50. The van der Waals surface area contributed by atoms with Crippen molar-refractivity contribution in [2.24, 2.45) is 0 Å². The van der Waals surface area contributed by atoms with Crippen LogP contribution in [0.2, 0.25) is 0 Å². The van der Waals surface area contributed by atoms with Gasteiger partial charge in [0.15, 0.2) is 11.5 Å². The van der Waals surface area contributed by atoms with Gasteiger partial charge in [-0.3, -0.25) is 4.79 Å². The van der Waals surface area contributed by atoms with Gasteiger partial charge in [-0.1, -0.05) is 6.07 Å². The summed E-state index contributed by atoms with van der Waals surface area (Å²) in [4.78, 5) is 23.3. The maximum Gasteiger partial charge on any atom is 0.338 e. The Hall–Kier alpha value is -3.26. The van der Waals surface area contributed by atoms with Gasteiger partial charge in [0.25, 0.3) is 0 Å². The van der Waals surface area contributed by atoms with Crippen molar-refractivity contribution >= 4 is 11.9 Å². The van der Waals surface area contributed by atoms with Crippen molar-refractivity contribution in [2.45, 2.75) is 18.9 Å². The summed E-state index contributed by atoms with van der Waals surface area (Å²) in [5.74, 6) is -1.42. The molecule has 8 heteroatoms. The van der Waals surface area contributed by atoms with Gasteiger partial charge in [0.05, 0.1) is 19.3 Å². The molecule has 4 N–H and O–H groups in total. The van der Waals surface area contributed by atoms with E-state index in [4.69, 9.17) is 9.47 Å². The summed E-state index contributed by atoms with van der Waals surface area (Å²) in [6.45, 7) is 0.473. The normalized spacial score (nSPS) is 11.6. The number of carbonyl (C=O) groups is 2. The highest BCUT2D eigenvalue weighted by atomic mass is 16.5. The Bertz CT molecular complexity index is 805. The molecule has 0 spiro atoms. The second-order valence-electron chi connectivity index (χ2n) is 6.09. The van der Waals surface area contributed by atoms with Gasteiger partial charge in [-0.05, 0) is 61.3 Å². The highest BCUT2D eigenvalue weighted by Crippen LogP contribution is 2.25. The molecule has 0 unspecified atom stereocenters. The number of aromatic hydroxyl groups is 2. The van der Waals surface area contributed by atoms with Gasteiger partial charge in [0, 0.05) is 0 Å². The van der Waals surface area contributed by atoms with Crippen molar-refractivity contribution in [3.05, 3.63) is 53.6 Å². The number of aliphatic carboxylic acids is 1. The summed E-state index contributed by atoms with van der Waals surface area (Å²) in [5.41, 5.74) is 0.977. The minimum Gasteiger partial charge on any atom is -0.504 e. The SMILES string of the molecule is COc1ccc(C(=O)OCCCN[C@@H](Cc2ccc(O)c(O)c2)C(=O)O)cc1. The van der Waals surface area contributed by atoms with E-state index in [0.717, 1.165) is 0 Å². The molecule has 0 saturated carbocycles. The molecular weight excluding hydrogens is 366 g/mol. The van der Waals surface area contributed by atoms with E-state index in [9.17, 15) is 24.9 Å². The zero-order valence-electron chi connectivity index (χ0n) is 15.4. The molecular formula is C20H23NO7. The van der Waals surface area contributed by atoms with E-state index in [1.807, 2.05) is 0 Å². The van der Waals surface area contributed by atoms with Crippen LogP contribution in [0.3, 0.4) is 0 Å². The molecule has 0 radical (unpaired) electrons. The number of benzene rings is 2. The van der Waals surface area contributed by atoms with Crippen LogP contribution in [0.4, 0.5) is 0 Å². The predicted octanol–water partition coefficient (Wildman–Crippen LogP) is 1.94. The number of phenols is 2. The number of ether oxygens (including phenoxy) is 2. The molecule has 0 aliphatic rings. The smallest absolute Gasteiger partial charge is 0.338 e. The van der Waals surface area contributed by atoms with E-state index in [2.05, 4.69) is 5.32 Å². The highest BCUT2D eigenvalue weighted by molar-refractivity contribution is 5.89. The molecule has 0 aromatic heterocycles. The van der Waals surface area contributed by atoms with Crippen molar-refractivity contribution in [1.82, 2.24) is 5.32 Å². The largest absolute Gasteiger partial charge is 0.504 e. The number of methoxy groups -OCH3 is 1. The lowest BCUT2D eigenvalue weighted by Crippen LogP contribution is -2.39. The molecule has 0 heterocycles. The first-order chi connectivity index (χ1) is 13.4. The zero-order chi connectivity index (χ0) is 20.5. The Kier molecular flexibility index (Phi) is 7.65. The van der Waals surface area contributed by atoms with Gasteiger partial charge in [-0.15, -0.1) is 0 Å². The number of carboxylic acid groups (broad SMARTS) is 1. The second-order valence-corrected chi connectivity index (χ2v) is 6.09. The molecule has 8 nitrogen and oxygen atoms in total. The van der Waals surface area contributed by atoms with Crippen LogP contribution in [0, 0.1) is 0 Å². The number of phenolic OH excluding ortho intramolecular Hbond substituents is 2. The third kappa shape index (κ3) is 6.17. The summed E-state index contributed by atoms with van der Waals surface area (Å²) in [6, 6.07) is 9.84. The lowest BCUT2D eigenvalue weighted by Gasteiger charge is -2.15. The number of esters is 1. The van der Waals surface area contributed by atoms with E-state index in [1.165, 1.54) is 19.2 Å². The van der Waals surface area contributed by atoms with Gasteiger partial charge in [-0.2, -0.15) is 0 Å². The van der Waals surface area contributed by atoms with Gasteiger partial charge < -0.3 is 30.1 Å². The molecule has 28 heavy (non-hydrogen) atoms. The van der Waals surface area contributed by atoms with Crippen LogP contribution in [-0.2, 0) is 16.0 Å². The van der Waals surface area contributed by atoms with E-state index in [-0.39, 0.29) is 24.5 Å². The Morgan fingerprint density at radius 1 is 1.07 bits per heavy atom. The molecule has 1 atom stereocenters. The molecule has 0 fully saturated rings. The van der Waals surface area contributed by atoms with Gasteiger partial charge in [0.1, 0.15) is 11.8 Å². The quantitative estimate of drug-likeness (QED) is 0.276. The summed E-state index contributed by atoms with van der Waals surface area (Å²) in [5, 5.41) is 31.0. The lowest BCUT2D eigenvalue weighted by molar-refractivity contribution is -0.139. The van der Waals surface area contributed by atoms with Crippen LogP contribution in [0.1, 0.15) is 22.3 Å². The minimum absolute atomic E-state index is 0.134. The van der Waals surface area contributed by atoms with E-state index < -0.39 is 18.0 Å². The topological polar surface area (TPSA) is 125 Å². The first-order valence-corrected chi connectivity index (χ1v) is 8.69. The molecule has 2 aromatic carbocycles. The predicted molar refractivity (Wildman–Crippen MR) is 101 cm³/mol. The standard InChI is InChI=1S/C20H23NO7/c1-27-15-6-4-14(5-7-15)20(26)28-10-2-9-21-16(19(24)25)11-13-3-8-17(22)18(23)12-13/h3-8,12,16,21-23H,2,9-11H2,1H3,(H,24,25)/t16-/m0/s1. The fraction of sp³-hybridized carbons (Fsp3) is 0.300. The number of hydrogen-bond donors (Lipinski definition) is 4. The van der Waals surface area contributed by atoms with Crippen molar-refractivity contribution < 1.29 is 34.4 Å². The molecule has 150 valence electrons. The average Bonchev–Trinajstić information content (AvgIpc) is 2.69. The van der Waals surface area contributed by atoms with Crippen LogP contribution in [0.25, 0.3) is 0 Å². The third-order valence-corrected chi connectivity index (χ3v) is 4.05. The first-order valence-electron chi connectivity index (χ1n) is 8.69. The number of carboxylic acids is 1. The lowest BCUT2D eigenvalue weighted by atomic mass is 10.1. The van der Waals surface area contributed by atoms with E-state index in [1.54, 1.807) is 30.3 Å².